The molecule has 1 atom stereocenters. The monoisotopic (exact) mass is 373 g/mol. The average Bonchev–Trinajstić information content (AvgIpc) is 2.66. The number of hydrogen-bond donors (Lipinski definition) is 3. The molecule has 0 radical (unpaired) electrons. The molecule has 0 spiro atoms. The van der Waals surface area contributed by atoms with Gasteiger partial charge in [-0.15, -0.1) is 0 Å². The lowest BCUT2D eigenvalue weighted by molar-refractivity contribution is 0.279. The van der Waals surface area contributed by atoms with E-state index in [1.165, 1.54) is 17.7 Å². The number of hydrogen-bond acceptors (Lipinski definition) is 4. The van der Waals surface area contributed by atoms with E-state index in [0.717, 1.165) is 16.3 Å². The zero-order chi connectivity index (χ0) is 19.2. The lowest BCUT2D eigenvalue weighted by Crippen LogP contribution is -2.14. The van der Waals surface area contributed by atoms with Crippen LogP contribution in [0.3, 0.4) is 0 Å². The summed E-state index contributed by atoms with van der Waals surface area (Å²) in [4.78, 5) is -0.0730. The van der Waals surface area contributed by atoms with E-state index < -0.39 is 10.1 Å². The standard InChI is InChI=1S/C10H15NO.C10H8O3S/c1-8(11-2)10-6-4-3-5-9(10)7-12;11-14(12,13)10-6-5-8-3-1-2-4-9(8)7-10/h3-6,8,11-12H,7H2,1-2H3;1-7H,(H,11,12,13). The van der Waals surface area contributed by atoms with E-state index in [1.54, 1.807) is 12.1 Å². The number of nitrogens with one attached hydrogen (secondary N) is 1. The molecule has 0 aliphatic rings. The highest BCUT2D eigenvalue weighted by molar-refractivity contribution is 7.85. The first-order chi connectivity index (χ1) is 12.4. The Morgan fingerprint density at radius 2 is 1.58 bits per heavy atom. The second kappa shape index (κ2) is 8.91. The van der Waals surface area contributed by atoms with Gasteiger partial charge in [0, 0.05) is 6.04 Å². The van der Waals surface area contributed by atoms with Crippen LogP contribution in [0.15, 0.2) is 71.6 Å². The number of fused-ring (bicyclic) bond motifs is 1. The summed E-state index contributed by atoms with van der Waals surface area (Å²) < 4.78 is 30.5. The maximum Gasteiger partial charge on any atom is 0.294 e. The van der Waals surface area contributed by atoms with E-state index in [9.17, 15) is 8.42 Å². The Bertz CT molecular complexity index is 970. The topological polar surface area (TPSA) is 86.6 Å². The van der Waals surface area contributed by atoms with Gasteiger partial charge < -0.3 is 10.4 Å². The highest BCUT2D eigenvalue weighted by Crippen LogP contribution is 2.18. The Morgan fingerprint density at radius 3 is 2.19 bits per heavy atom. The van der Waals surface area contributed by atoms with Crippen LogP contribution in [0.2, 0.25) is 0 Å². The van der Waals surface area contributed by atoms with Crippen LogP contribution in [-0.4, -0.2) is 25.1 Å². The van der Waals surface area contributed by atoms with Crippen LogP contribution in [0.5, 0.6) is 0 Å². The summed E-state index contributed by atoms with van der Waals surface area (Å²) in [5.41, 5.74) is 2.17. The molecule has 0 saturated carbocycles. The number of benzene rings is 3. The van der Waals surface area contributed by atoms with Crippen molar-refractivity contribution in [2.75, 3.05) is 7.05 Å². The molecule has 0 saturated heterocycles. The molecule has 6 heteroatoms. The predicted octanol–water partition coefficient (Wildman–Crippen LogP) is 3.55. The van der Waals surface area contributed by atoms with Crippen molar-refractivity contribution >= 4 is 20.9 Å². The van der Waals surface area contributed by atoms with Crippen molar-refractivity contribution in [3.63, 3.8) is 0 Å². The highest BCUT2D eigenvalue weighted by atomic mass is 32.2. The van der Waals surface area contributed by atoms with E-state index >= 15 is 0 Å². The van der Waals surface area contributed by atoms with E-state index in [0.29, 0.717) is 6.04 Å². The maximum atomic E-state index is 10.8. The van der Waals surface area contributed by atoms with Gasteiger partial charge in [0.25, 0.3) is 10.1 Å². The van der Waals surface area contributed by atoms with Crippen LogP contribution in [-0.2, 0) is 16.7 Å². The van der Waals surface area contributed by atoms with Gasteiger partial charge in [-0.25, -0.2) is 0 Å². The first kappa shape index (κ1) is 20.1. The molecular formula is C20H23NO4S. The van der Waals surface area contributed by atoms with E-state index in [4.69, 9.17) is 9.66 Å². The quantitative estimate of drug-likeness (QED) is 0.609. The van der Waals surface area contributed by atoms with Crippen molar-refractivity contribution in [2.45, 2.75) is 24.5 Å². The van der Waals surface area contributed by atoms with Crippen LogP contribution in [0.25, 0.3) is 10.8 Å². The lowest BCUT2D eigenvalue weighted by atomic mass is 10.0. The Morgan fingerprint density at radius 1 is 0.962 bits per heavy atom. The number of aliphatic hydroxyl groups is 1. The molecule has 0 aliphatic heterocycles. The number of rotatable bonds is 4. The van der Waals surface area contributed by atoms with Crippen LogP contribution < -0.4 is 5.32 Å². The van der Waals surface area contributed by atoms with Crippen molar-refractivity contribution in [1.29, 1.82) is 0 Å². The molecule has 3 N–H and O–H groups in total. The van der Waals surface area contributed by atoms with Crippen molar-refractivity contribution < 1.29 is 18.1 Å². The SMILES string of the molecule is CNC(C)c1ccccc1CO.O=S(=O)(O)c1ccc2ccccc2c1. The first-order valence-electron chi connectivity index (χ1n) is 8.19. The molecular weight excluding hydrogens is 350 g/mol. The molecule has 0 aromatic heterocycles. The molecule has 3 rings (SSSR count). The molecule has 0 fully saturated rings. The Labute approximate surface area is 154 Å². The van der Waals surface area contributed by atoms with Crippen molar-refractivity contribution in [1.82, 2.24) is 5.32 Å². The van der Waals surface area contributed by atoms with Crippen LogP contribution >= 0.6 is 0 Å². The third kappa shape index (κ3) is 5.12. The molecule has 138 valence electrons. The van der Waals surface area contributed by atoms with Gasteiger partial charge in [-0.1, -0.05) is 54.6 Å². The highest BCUT2D eigenvalue weighted by Gasteiger charge is 2.09. The summed E-state index contributed by atoms with van der Waals surface area (Å²) >= 11 is 0. The first-order valence-corrected chi connectivity index (χ1v) is 9.63. The minimum Gasteiger partial charge on any atom is -0.392 e. The van der Waals surface area contributed by atoms with E-state index in [1.807, 2.05) is 49.5 Å². The van der Waals surface area contributed by atoms with Gasteiger partial charge in [0.2, 0.25) is 0 Å². The lowest BCUT2D eigenvalue weighted by Gasteiger charge is -2.13. The molecule has 26 heavy (non-hydrogen) atoms. The third-order valence-corrected chi connectivity index (χ3v) is 4.99. The van der Waals surface area contributed by atoms with Gasteiger partial charge >= 0.3 is 0 Å². The Balaban J connectivity index is 0.000000190. The minimum absolute atomic E-state index is 0.0730. The summed E-state index contributed by atoms with van der Waals surface area (Å²) in [7, 11) is -2.18. The van der Waals surface area contributed by atoms with Crippen LogP contribution in [0.1, 0.15) is 24.1 Å². The minimum atomic E-state index is -4.09. The molecule has 3 aromatic carbocycles. The van der Waals surface area contributed by atoms with Crippen molar-refractivity contribution in [3.05, 3.63) is 77.9 Å². The van der Waals surface area contributed by atoms with Crippen LogP contribution in [0.4, 0.5) is 0 Å². The van der Waals surface area contributed by atoms with Gasteiger partial charge in [-0.3, -0.25) is 4.55 Å². The average molecular weight is 373 g/mol. The Kier molecular flexibility index (Phi) is 6.88. The fraction of sp³-hybridized carbons (Fsp3) is 0.200. The summed E-state index contributed by atoms with van der Waals surface area (Å²) in [5, 5.41) is 13.9. The molecule has 0 aliphatic carbocycles. The summed E-state index contributed by atoms with van der Waals surface area (Å²) in [6.07, 6.45) is 0. The Hall–Kier alpha value is -2.25. The number of aliphatic hydroxyl groups excluding tert-OH is 1. The molecule has 3 aromatic rings. The van der Waals surface area contributed by atoms with E-state index in [2.05, 4.69) is 12.2 Å². The predicted molar refractivity (Wildman–Crippen MR) is 104 cm³/mol. The second-order valence-corrected chi connectivity index (χ2v) is 7.27. The summed E-state index contributed by atoms with van der Waals surface area (Å²) in [5.74, 6) is 0. The summed E-state index contributed by atoms with van der Waals surface area (Å²) in [6, 6.07) is 20.1. The van der Waals surface area contributed by atoms with Gasteiger partial charge in [0.15, 0.2) is 0 Å². The summed E-state index contributed by atoms with van der Waals surface area (Å²) in [6.45, 7) is 2.19. The van der Waals surface area contributed by atoms with Crippen LogP contribution in [0, 0.1) is 0 Å². The van der Waals surface area contributed by atoms with E-state index in [-0.39, 0.29) is 11.5 Å². The maximum absolute atomic E-state index is 10.8. The zero-order valence-corrected chi connectivity index (χ0v) is 15.6. The van der Waals surface area contributed by atoms with Crippen molar-refractivity contribution in [2.24, 2.45) is 0 Å². The largest absolute Gasteiger partial charge is 0.392 e. The molecule has 0 heterocycles. The third-order valence-electron chi connectivity index (χ3n) is 4.14. The molecule has 5 nitrogen and oxygen atoms in total. The molecule has 1 unspecified atom stereocenters. The van der Waals surface area contributed by atoms with Gasteiger partial charge in [-0.05, 0) is 48.0 Å². The molecule has 0 amide bonds. The van der Waals surface area contributed by atoms with Gasteiger partial charge in [0.05, 0.1) is 11.5 Å². The fourth-order valence-electron chi connectivity index (χ4n) is 2.58. The smallest absolute Gasteiger partial charge is 0.294 e. The normalized spacial score (nSPS) is 12.3. The zero-order valence-electron chi connectivity index (χ0n) is 14.8. The second-order valence-electron chi connectivity index (χ2n) is 5.85. The van der Waals surface area contributed by atoms with Gasteiger partial charge in [0.1, 0.15) is 0 Å². The molecule has 0 bridgehead atoms. The fourth-order valence-corrected chi connectivity index (χ4v) is 3.10. The van der Waals surface area contributed by atoms with Crippen molar-refractivity contribution in [3.8, 4) is 0 Å². The van der Waals surface area contributed by atoms with Gasteiger partial charge in [-0.2, -0.15) is 8.42 Å².